The molecule has 0 aliphatic heterocycles. The molecule has 0 aliphatic rings. The van der Waals surface area contributed by atoms with E-state index in [4.69, 9.17) is 28.9 Å². The van der Waals surface area contributed by atoms with Gasteiger partial charge >= 0.3 is 0 Å². The highest BCUT2D eigenvalue weighted by Gasteiger charge is 2.12. The number of halogens is 4. The molecule has 1 aromatic heterocycles. The summed E-state index contributed by atoms with van der Waals surface area (Å²) in [5, 5.41) is 0.565. The third-order valence-electron chi connectivity index (χ3n) is 2.88. The minimum absolute atomic E-state index is 0.269. The molecule has 0 fully saturated rings. The van der Waals surface area contributed by atoms with E-state index in [1.54, 1.807) is 12.1 Å². The fraction of sp³-hybridized carbons (Fsp3) is 0. The van der Waals surface area contributed by atoms with Crippen LogP contribution < -0.4 is 5.73 Å². The zero-order valence-electron chi connectivity index (χ0n) is 9.85. The third kappa shape index (κ3) is 2.09. The predicted octanol–water partition coefficient (Wildman–Crippen LogP) is 4.40. The first-order chi connectivity index (χ1) is 9.45. The molecule has 102 valence electrons. The molecule has 2 aromatic carbocycles. The fourth-order valence-corrected chi connectivity index (χ4v) is 2.35. The molecule has 3 nitrogen and oxygen atoms in total. The van der Waals surface area contributed by atoms with Crippen LogP contribution in [0.25, 0.3) is 22.4 Å². The van der Waals surface area contributed by atoms with E-state index in [0.29, 0.717) is 22.4 Å². The molecule has 1 heterocycles. The molecule has 3 N–H and O–H groups in total. The van der Waals surface area contributed by atoms with Gasteiger partial charge in [0.1, 0.15) is 5.82 Å². The molecule has 0 unspecified atom stereocenters. The van der Waals surface area contributed by atoms with Crippen molar-refractivity contribution < 1.29 is 8.78 Å². The molecule has 3 aromatic rings. The van der Waals surface area contributed by atoms with E-state index >= 15 is 0 Å². The number of rotatable bonds is 1. The van der Waals surface area contributed by atoms with Gasteiger partial charge in [-0.2, -0.15) is 0 Å². The van der Waals surface area contributed by atoms with Crippen LogP contribution in [-0.4, -0.2) is 9.97 Å². The molecule has 0 radical (unpaired) electrons. The van der Waals surface area contributed by atoms with Crippen molar-refractivity contribution in [2.75, 3.05) is 5.73 Å². The summed E-state index contributed by atoms with van der Waals surface area (Å²) in [5.74, 6) is -1.50. The second-order valence-electron chi connectivity index (χ2n) is 4.22. The summed E-state index contributed by atoms with van der Waals surface area (Å²) < 4.78 is 26.3. The van der Waals surface area contributed by atoms with Crippen molar-refractivity contribution in [3.8, 4) is 11.4 Å². The van der Waals surface area contributed by atoms with Crippen molar-refractivity contribution in [1.82, 2.24) is 9.97 Å². The van der Waals surface area contributed by atoms with Gasteiger partial charge in [-0.1, -0.05) is 23.2 Å². The maximum absolute atomic E-state index is 13.2. The molecule has 0 aliphatic carbocycles. The zero-order valence-corrected chi connectivity index (χ0v) is 11.4. The fourth-order valence-electron chi connectivity index (χ4n) is 1.86. The molecular formula is C13H7Cl2F2N3. The van der Waals surface area contributed by atoms with Gasteiger partial charge < -0.3 is 10.7 Å². The molecular weight excluding hydrogens is 307 g/mol. The highest BCUT2D eigenvalue weighted by molar-refractivity contribution is 6.39. The Morgan fingerprint density at radius 3 is 2.25 bits per heavy atom. The number of nitrogens with zero attached hydrogens (tertiary/aromatic N) is 1. The Balaban J connectivity index is 2.20. The highest BCUT2D eigenvalue weighted by Crippen LogP contribution is 2.33. The summed E-state index contributed by atoms with van der Waals surface area (Å²) in [4.78, 5) is 7.05. The monoisotopic (exact) mass is 313 g/mol. The highest BCUT2D eigenvalue weighted by atomic mass is 35.5. The van der Waals surface area contributed by atoms with Gasteiger partial charge in [0.25, 0.3) is 0 Å². The van der Waals surface area contributed by atoms with Gasteiger partial charge in [-0.05, 0) is 12.1 Å². The maximum atomic E-state index is 13.2. The summed E-state index contributed by atoms with van der Waals surface area (Å²) in [6.45, 7) is 0. The van der Waals surface area contributed by atoms with E-state index < -0.39 is 11.6 Å². The number of hydrogen-bond donors (Lipinski definition) is 2. The predicted molar refractivity (Wildman–Crippen MR) is 75.9 cm³/mol. The summed E-state index contributed by atoms with van der Waals surface area (Å²) in [7, 11) is 0. The molecule has 0 bridgehead atoms. The van der Waals surface area contributed by atoms with Gasteiger partial charge in [0.2, 0.25) is 0 Å². The molecule has 7 heteroatoms. The normalized spacial score (nSPS) is 11.2. The van der Waals surface area contributed by atoms with E-state index in [9.17, 15) is 8.78 Å². The SMILES string of the molecule is Nc1c(Cl)cc(-c2nc3cc(F)c(F)cc3[nH]2)cc1Cl. The van der Waals surface area contributed by atoms with Gasteiger partial charge in [-0.3, -0.25) is 0 Å². The Kier molecular flexibility index (Phi) is 3.03. The lowest BCUT2D eigenvalue weighted by Gasteiger charge is -2.03. The summed E-state index contributed by atoms with van der Waals surface area (Å²) in [6.07, 6.45) is 0. The van der Waals surface area contributed by atoms with E-state index in [1.165, 1.54) is 0 Å². The first-order valence-corrected chi connectivity index (χ1v) is 6.31. The maximum Gasteiger partial charge on any atom is 0.161 e. The van der Waals surface area contributed by atoms with Gasteiger partial charge in [0.15, 0.2) is 11.6 Å². The van der Waals surface area contributed by atoms with Gasteiger partial charge in [0.05, 0.1) is 26.8 Å². The number of benzene rings is 2. The molecule has 0 saturated carbocycles. The Morgan fingerprint density at radius 2 is 1.60 bits per heavy atom. The van der Waals surface area contributed by atoms with Crippen LogP contribution in [0.5, 0.6) is 0 Å². The lowest BCUT2D eigenvalue weighted by molar-refractivity contribution is 0.510. The van der Waals surface area contributed by atoms with E-state index in [0.717, 1.165) is 12.1 Å². The van der Waals surface area contributed by atoms with Crippen molar-refractivity contribution in [1.29, 1.82) is 0 Å². The van der Waals surface area contributed by atoms with Crippen molar-refractivity contribution in [3.63, 3.8) is 0 Å². The second kappa shape index (κ2) is 4.61. The van der Waals surface area contributed by atoms with Crippen LogP contribution in [0.4, 0.5) is 14.5 Å². The molecule has 0 amide bonds. The minimum Gasteiger partial charge on any atom is -0.396 e. The van der Waals surface area contributed by atoms with Crippen LogP contribution in [0.15, 0.2) is 24.3 Å². The van der Waals surface area contributed by atoms with Crippen LogP contribution in [0.3, 0.4) is 0 Å². The first kappa shape index (κ1) is 13.1. The number of aromatic nitrogens is 2. The van der Waals surface area contributed by atoms with E-state index in [1.807, 2.05) is 0 Å². The average Bonchev–Trinajstić information content (AvgIpc) is 2.79. The summed E-state index contributed by atoms with van der Waals surface area (Å²) >= 11 is 11.9. The number of aromatic amines is 1. The van der Waals surface area contributed by atoms with Gasteiger partial charge in [-0.15, -0.1) is 0 Å². The molecule has 3 rings (SSSR count). The van der Waals surface area contributed by atoms with Crippen LogP contribution in [0, 0.1) is 11.6 Å². The van der Waals surface area contributed by atoms with E-state index in [2.05, 4.69) is 9.97 Å². The lowest BCUT2D eigenvalue weighted by Crippen LogP contribution is -1.89. The standard InChI is InChI=1S/C13H7Cl2F2N3/c14-6-1-5(2-7(15)12(6)18)13-19-10-3-8(16)9(17)4-11(10)20-13/h1-4H,18H2,(H,19,20). The van der Waals surface area contributed by atoms with Crippen molar-refractivity contribution in [2.45, 2.75) is 0 Å². The minimum atomic E-state index is -0.955. The molecule has 0 saturated heterocycles. The molecule has 0 spiro atoms. The Morgan fingerprint density at radius 1 is 1.00 bits per heavy atom. The number of hydrogen-bond acceptors (Lipinski definition) is 2. The zero-order chi connectivity index (χ0) is 14.4. The van der Waals surface area contributed by atoms with Crippen LogP contribution in [0.2, 0.25) is 10.0 Å². The number of H-pyrrole nitrogens is 1. The molecule has 20 heavy (non-hydrogen) atoms. The summed E-state index contributed by atoms with van der Waals surface area (Å²) in [5.41, 5.74) is 7.18. The smallest absolute Gasteiger partial charge is 0.161 e. The van der Waals surface area contributed by atoms with Crippen molar-refractivity contribution in [3.05, 3.63) is 45.9 Å². The lowest BCUT2D eigenvalue weighted by atomic mass is 10.2. The number of nitrogens with two attached hydrogens (primary N) is 1. The van der Waals surface area contributed by atoms with Gasteiger partial charge in [-0.25, -0.2) is 13.8 Å². The van der Waals surface area contributed by atoms with Crippen LogP contribution >= 0.6 is 23.2 Å². The van der Waals surface area contributed by atoms with Crippen LogP contribution in [0.1, 0.15) is 0 Å². The number of nitrogen functional groups attached to an aromatic ring is 1. The second-order valence-corrected chi connectivity index (χ2v) is 5.04. The van der Waals surface area contributed by atoms with Gasteiger partial charge in [0, 0.05) is 17.7 Å². The summed E-state index contributed by atoms with van der Waals surface area (Å²) in [6, 6.07) is 5.22. The molecule has 0 atom stereocenters. The number of imidazole rings is 1. The number of fused-ring (bicyclic) bond motifs is 1. The average molecular weight is 314 g/mol. The third-order valence-corrected chi connectivity index (χ3v) is 3.50. The first-order valence-electron chi connectivity index (χ1n) is 5.55. The topological polar surface area (TPSA) is 54.7 Å². The van der Waals surface area contributed by atoms with E-state index in [-0.39, 0.29) is 15.7 Å². The largest absolute Gasteiger partial charge is 0.396 e. The Hall–Kier alpha value is -1.85. The van der Waals surface area contributed by atoms with Crippen LogP contribution in [-0.2, 0) is 0 Å². The Bertz CT molecular complexity index is 768. The van der Waals surface area contributed by atoms with Crippen molar-refractivity contribution in [2.24, 2.45) is 0 Å². The quantitative estimate of drug-likeness (QED) is 0.654. The Labute approximate surface area is 122 Å². The van der Waals surface area contributed by atoms with Crippen molar-refractivity contribution >= 4 is 39.9 Å². The number of anilines is 1. The number of nitrogens with one attached hydrogen (secondary N) is 1.